The molecule has 100 valence electrons. The molecule has 1 aromatic heterocycles. The van der Waals surface area contributed by atoms with Crippen molar-refractivity contribution in [2.24, 2.45) is 5.73 Å². The quantitative estimate of drug-likeness (QED) is 0.724. The second-order valence-corrected chi connectivity index (χ2v) is 5.29. The number of carboxylic acid groups (broad SMARTS) is 1. The number of aliphatic carboxylic acids is 1. The molecule has 19 heavy (non-hydrogen) atoms. The summed E-state index contributed by atoms with van der Waals surface area (Å²) >= 11 is 0. The van der Waals surface area contributed by atoms with Crippen molar-refractivity contribution in [3.8, 4) is 0 Å². The van der Waals surface area contributed by atoms with Gasteiger partial charge in [0.15, 0.2) is 0 Å². The van der Waals surface area contributed by atoms with Gasteiger partial charge in [0.05, 0.1) is 0 Å². The van der Waals surface area contributed by atoms with Crippen molar-refractivity contribution in [1.82, 2.24) is 4.98 Å². The Kier molecular flexibility index (Phi) is 3.03. The van der Waals surface area contributed by atoms with Crippen LogP contribution in [0.3, 0.4) is 0 Å². The van der Waals surface area contributed by atoms with Crippen LogP contribution in [0.2, 0.25) is 0 Å². The average molecular weight is 258 g/mol. The molecule has 1 atom stereocenters. The molecule has 0 bridgehead atoms. The summed E-state index contributed by atoms with van der Waals surface area (Å²) < 4.78 is 0. The summed E-state index contributed by atoms with van der Waals surface area (Å²) in [6, 6.07) is 3.33. The van der Waals surface area contributed by atoms with E-state index in [0.717, 1.165) is 23.7 Å². The van der Waals surface area contributed by atoms with Crippen molar-refractivity contribution < 1.29 is 9.90 Å². The van der Waals surface area contributed by atoms with Gasteiger partial charge in [0.2, 0.25) is 0 Å². The molecule has 1 aliphatic rings. The van der Waals surface area contributed by atoms with Crippen molar-refractivity contribution in [3.05, 3.63) is 35.0 Å². The molecule has 0 saturated carbocycles. The van der Waals surface area contributed by atoms with Gasteiger partial charge in [-0.15, -0.1) is 0 Å². The lowest BCUT2D eigenvalue weighted by Gasteiger charge is -2.08. The Bertz CT molecular complexity index is 630. The molecule has 1 unspecified atom stereocenters. The average Bonchev–Trinajstić information content (AvgIpc) is 2.64. The molecule has 3 rings (SSSR count). The Balaban J connectivity index is 2.13. The van der Waals surface area contributed by atoms with Gasteiger partial charge in [-0.25, -0.2) is 0 Å². The van der Waals surface area contributed by atoms with Gasteiger partial charge in [-0.2, -0.15) is 0 Å². The van der Waals surface area contributed by atoms with Crippen molar-refractivity contribution in [1.29, 1.82) is 0 Å². The number of carbonyl (C=O) groups is 1. The van der Waals surface area contributed by atoms with E-state index in [1.165, 1.54) is 30.4 Å². The summed E-state index contributed by atoms with van der Waals surface area (Å²) in [7, 11) is 0. The molecule has 4 heteroatoms. The van der Waals surface area contributed by atoms with Crippen LogP contribution in [-0.2, 0) is 17.6 Å². The predicted octanol–water partition coefficient (Wildman–Crippen LogP) is 2.52. The number of H-pyrrole nitrogens is 1. The Labute approximate surface area is 111 Å². The Morgan fingerprint density at radius 3 is 2.58 bits per heavy atom. The van der Waals surface area contributed by atoms with Crippen LogP contribution < -0.4 is 5.73 Å². The van der Waals surface area contributed by atoms with Crippen LogP contribution in [0.1, 0.15) is 42.0 Å². The highest BCUT2D eigenvalue weighted by Crippen LogP contribution is 2.29. The second-order valence-electron chi connectivity index (χ2n) is 5.29. The fourth-order valence-electron chi connectivity index (χ4n) is 2.94. The van der Waals surface area contributed by atoms with Crippen molar-refractivity contribution in [2.75, 3.05) is 0 Å². The minimum atomic E-state index is -0.990. The first kappa shape index (κ1) is 12.2. The zero-order valence-corrected chi connectivity index (χ0v) is 10.8. The van der Waals surface area contributed by atoms with Crippen LogP contribution in [0.25, 0.3) is 10.9 Å². The van der Waals surface area contributed by atoms with E-state index in [-0.39, 0.29) is 0 Å². The van der Waals surface area contributed by atoms with Crippen LogP contribution in [0, 0.1) is 0 Å². The number of hydrogen-bond acceptors (Lipinski definition) is 2. The normalized spacial score (nSPS) is 16.9. The van der Waals surface area contributed by atoms with Gasteiger partial charge in [0, 0.05) is 22.7 Å². The fraction of sp³-hybridized carbons (Fsp3) is 0.400. The predicted molar refractivity (Wildman–Crippen MR) is 74.1 cm³/mol. The topological polar surface area (TPSA) is 79.1 Å². The summed E-state index contributed by atoms with van der Waals surface area (Å²) in [5.41, 5.74) is 10.1. The van der Waals surface area contributed by atoms with Crippen LogP contribution >= 0.6 is 0 Å². The zero-order chi connectivity index (χ0) is 13.4. The summed E-state index contributed by atoms with van der Waals surface area (Å²) in [5.74, 6) is -0.990. The Morgan fingerprint density at radius 1 is 1.21 bits per heavy atom. The molecule has 0 spiro atoms. The molecule has 4 N–H and O–H groups in total. The van der Waals surface area contributed by atoms with E-state index in [0.29, 0.717) is 5.56 Å². The molecular weight excluding hydrogens is 240 g/mol. The smallest absolute Gasteiger partial charge is 0.325 e. The minimum absolute atomic E-state index is 0.676. The zero-order valence-electron chi connectivity index (χ0n) is 10.8. The fourth-order valence-corrected chi connectivity index (χ4v) is 2.94. The highest BCUT2D eigenvalue weighted by molar-refractivity contribution is 5.90. The number of nitrogens with two attached hydrogens (primary N) is 1. The molecule has 1 aliphatic carbocycles. The lowest BCUT2D eigenvalue weighted by Crippen LogP contribution is -2.20. The molecule has 0 aliphatic heterocycles. The monoisotopic (exact) mass is 258 g/mol. The number of aromatic nitrogens is 1. The molecule has 0 amide bonds. The number of carboxylic acids is 1. The summed E-state index contributed by atoms with van der Waals surface area (Å²) in [6.07, 6.45) is 7.64. The maximum Gasteiger partial charge on any atom is 0.325 e. The van der Waals surface area contributed by atoms with Gasteiger partial charge in [-0.3, -0.25) is 4.79 Å². The van der Waals surface area contributed by atoms with Gasteiger partial charge >= 0.3 is 5.97 Å². The van der Waals surface area contributed by atoms with Crippen LogP contribution in [-0.4, -0.2) is 16.1 Å². The van der Waals surface area contributed by atoms with E-state index < -0.39 is 12.0 Å². The van der Waals surface area contributed by atoms with E-state index in [1.54, 1.807) is 6.20 Å². The second kappa shape index (κ2) is 4.70. The summed E-state index contributed by atoms with van der Waals surface area (Å²) in [5, 5.41) is 10.0. The van der Waals surface area contributed by atoms with E-state index >= 15 is 0 Å². The number of hydrogen-bond donors (Lipinski definition) is 3. The number of aromatic amines is 1. The molecule has 0 fully saturated rings. The maximum atomic E-state index is 11.0. The number of nitrogens with one attached hydrogen (secondary N) is 1. The minimum Gasteiger partial charge on any atom is -0.480 e. The standard InChI is InChI=1S/C15H18N2O2/c16-14(15(18)19)12-8-17-13-7-10-5-3-1-2-4-9(10)6-11(12)13/h6-8,14,17H,1-5,16H2,(H,18,19). The molecule has 1 heterocycles. The first-order valence-corrected chi connectivity index (χ1v) is 6.78. The lowest BCUT2D eigenvalue weighted by atomic mass is 9.98. The van der Waals surface area contributed by atoms with Gasteiger partial charge in [-0.1, -0.05) is 6.42 Å². The summed E-state index contributed by atoms with van der Waals surface area (Å²) in [4.78, 5) is 14.2. The third-order valence-electron chi connectivity index (χ3n) is 4.03. The largest absolute Gasteiger partial charge is 0.480 e. The van der Waals surface area contributed by atoms with Crippen molar-refractivity contribution >= 4 is 16.9 Å². The third kappa shape index (κ3) is 2.12. The van der Waals surface area contributed by atoms with E-state index in [4.69, 9.17) is 10.8 Å². The van der Waals surface area contributed by atoms with Crippen LogP contribution in [0.4, 0.5) is 0 Å². The SMILES string of the molecule is NC(C(=O)O)c1c[nH]c2cc3c(cc12)CCCCC3. The van der Waals surface area contributed by atoms with E-state index in [9.17, 15) is 4.79 Å². The molecule has 1 aromatic carbocycles. The molecule has 0 radical (unpaired) electrons. The van der Waals surface area contributed by atoms with E-state index in [2.05, 4.69) is 17.1 Å². The first-order chi connectivity index (χ1) is 9.16. The maximum absolute atomic E-state index is 11.0. The molecular formula is C15H18N2O2. The molecule has 2 aromatic rings. The first-order valence-electron chi connectivity index (χ1n) is 6.78. The highest BCUT2D eigenvalue weighted by atomic mass is 16.4. The van der Waals surface area contributed by atoms with Gasteiger partial charge in [-0.05, 0) is 48.9 Å². The van der Waals surface area contributed by atoms with Crippen LogP contribution in [0.5, 0.6) is 0 Å². The third-order valence-corrected chi connectivity index (χ3v) is 4.03. The van der Waals surface area contributed by atoms with Gasteiger partial charge in [0.1, 0.15) is 6.04 Å². The number of fused-ring (bicyclic) bond motifs is 2. The van der Waals surface area contributed by atoms with Gasteiger partial charge in [0.25, 0.3) is 0 Å². The van der Waals surface area contributed by atoms with Crippen molar-refractivity contribution in [3.63, 3.8) is 0 Å². The van der Waals surface area contributed by atoms with E-state index in [1.807, 2.05) is 0 Å². The molecule has 0 saturated heterocycles. The molecule has 4 nitrogen and oxygen atoms in total. The lowest BCUT2D eigenvalue weighted by molar-refractivity contribution is -0.138. The highest BCUT2D eigenvalue weighted by Gasteiger charge is 2.19. The van der Waals surface area contributed by atoms with Crippen molar-refractivity contribution in [2.45, 2.75) is 38.1 Å². The number of rotatable bonds is 2. The number of aryl methyl sites for hydroxylation is 2. The number of benzene rings is 1. The Hall–Kier alpha value is -1.81. The van der Waals surface area contributed by atoms with Gasteiger partial charge < -0.3 is 15.8 Å². The summed E-state index contributed by atoms with van der Waals surface area (Å²) in [6.45, 7) is 0. The van der Waals surface area contributed by atoms with Crippen LogP contribution in [0.15, 0.2) is 18.3 Å². The Morgan fingerprint density at radius 2 is 1.89 bits per heavy atom.